The van der Waals surface area contributed by atoms with E-state index in [1.54, 1.807) is 0 Å². The van der Waals surface area contributed by atoms with E-state index >= 15 is 0 Å². The summed E-state index contributed by atoms with van der Waals surface area (Å²) in [5.74, 6) is 0.572. The Morgan fingerprint density at radius 1 is 1.00 bits per heavy atom. The lowest BCUT2D eigenvalue weighted by Crippen LogP contribution is -2.08. The van der Waals surface area contributed by atoms with Crippen LogP contribution in [0.2, 0.25) is 0 Å². The topological polar surface area (TPSA) is 41.1 Å². The van der Waals surface area contributed by atoms with Gasteiger partial charge in [0.05, 0.1) is 0 Å². The van der Waals surface area contributed by atoms with Crippen LogP contribution >= 0.6 is 0 Å². The lowest BCUT2D eigenvalue weighted by molar-refractivity contribution is -0.110. The predicted octanol–water partition coefficient (Wildman–Crippen LogP) is 5.65. The molecule has 0 radical (unpaired) electrons. The van der Waals surface area contributed by atoms with Crippen molar-refractivity contribution >= 4 is 28.5 Å². The molecular formula is C22H24N2O. The van der Waals surface area contributed by atoms with Crippen molar-refractivity contribution in [3.8, 4) is 0 Å². The summed E-state index contributed by atoms with van der Waals surface area (Å²) in [4.78, 5) is 12.4. The Balaban J connectivity index is 1.61. The molecule has 0 aromatic heterocycles. The summed E-state index contributed by atoms with van der Waals surface area (Å²) in [6, 6.07) is 14.4. The second-order valence-corrected chi connectivity index (χ2v) is 7.18. The number of rotatable bonds is 3. The van der Waals surface area contributed by atoms with E-state index in [9.17, 15) is 4.79 Å². The Bertz CT molecular complexity index is 814. The molecule has 0 atom stereocenters. The number of nitrogens with one attached hydrogen (secondary N) is 2. The Kier molecular flexibility index (Phi) is 4.31. The van der Waals surface area contributed by atoms with Crippen LogP contribution in [0, 0.1) is 12.8 Å². The first-order valence-corrected chi connectivity index (χ1v) is 9.20. The third kappa shape index (κ3) is 3.46. The van der Waals surface area contributed by atoms with Crippen LogP contribution in [0.3, 0.4) is 0 Å². The lowest BCUT2D eigenvalue weighted by Gasteiger charge is -2.18. The van der Waals surface area contributed by atoms with Crippen molar-refractivity contribution in [3.05, 3.63) is 59.7 Å². The van der Waals surface area contributed by atoms with Crippen LogP contribution in [-0.2, 0) is 4.79 Å². The van der Waals surface area contributed by atoms with Crippen molar-refractivity contribution in [3.63, 3.8) is 0 Å². The van der Waals surface area contributed by atoms with E-state index in [0.29, 0.717) is 5.92 Å². The SMILES string of the molecule is Cc1ccc(Nc2ccc3c(c2)/C(=C\C2CCCCC2)C(=O)N3)cc1. The minimum atomic E-state index is 0.0352. The van der Waals surface area contributed by atoms with Crippen molar-refractivity contribution in [2.24, 2.45) is 5.92 Å². The van der Waals surface area contributed by atoms with Gasteiger partial charge >= 0.3 is 0 Å². The molecule has 1 aliphatic carbocycles. The van der Waals surface area contributed by atoms with E-state index in [1.165, 1.54) is 37.7 Å². The number of amides is 1. The van der Waals surface area contributed by atoms with Gasteiger partial charge in [-0.3, -0.25) is 4.79 Å². The molecule has 0 unspecified atom stereocenters. The fourth-order valence-electron chi connectivity index (χ4n) is 3.77. The zero-order valence-electron chi connectivity index (χ0n) is 14.6. The summed E-state index contributed by atoms with van der Waals surface area (Å²) in [5, 5.41) is 6.43. The minimum absolute atomic E-state index is 0.0352. The van der Waals surface area contributed by atoms with Crippen LogP contribution in [0.1, 0.15) is 43.2 Å². The molecular weight excluding hydrogens is 308 g/mol. The van der Waals surface area contributed by atoms with Crippen LogP contribution in [0.15, 0.2) is 48.5 Å². The first kappa shape index (κ1) is 15.9. The average Bonchev–Trinajstić information content (AvgIpc) is 2.93. The van der Waals surface area contributed by atoms with Gasteiger partial charge in [0.25, 0.3) is 5.91 Å². The number of anilines is 3. The van der Waals surface area contributed by atoms with Crippen molar-refractivity contribution in [1.82, 2.24) is 0 Å². The van der Waals surface area contributed by atoms with Gasteiger partial charge in [-0.25, -0.2) is 0 Å². The van der Waals surface area contributed by atoms with Gasteiger partial charge in [0, 0.05) is 28.2 Å². The summed E-state index contributed by atoms with van der Waals surface area (Å²) in [6.45, 7) is 2.08. The van der Waals surface area contributed by atoms with E-state index in [1.807, 2.05) is 12.1 Å². The highest BCUT2D eigenvalue weighted by molar-refractivity contribution is 6.31. The van der Waals surface area contributed by atoms with Gasteiger partial charge in [0.15, 0.2) is 0 Å². The quantitative estimate of drug-likeness (QED) is 0.713. The number of fused-ring (bicyclic) bond motifs is 1. The summed E-state index contributed by atoms with van der Waals surface area (Å²) >= 11 is 0. The van der Waals surface area contributed by atoms with E-state index in [2.05, 4.69) is 54.0 Å². The molecule has 4 rings (SSSR count). The first-order valence-electron chi connectivity index (χ1n) is 9.20. The number of carbonyl (C=O) groups excluding carboxylic acids is 1. The molecule has 0 spiro atoms. The smallest absolute Gasteiger partial charge is 0.256 e. The maximum absolute atomic E-state index is 12.4. The molecule has 2 aromatic rings. The zero-order chi connectivity index (χ0) is 17.2. The van der Waals surface area contributed by atoms with Gasteiger partial charge in [-0.1, -0.05) is 43.0 Å². The fraction of sp³-hybridized carbons (Fsp3) is 0.318. The Morgan fingerprint density at radius 2 is 1.72 bits per heavy atom. The largest absolute Gasteiger partial charge is 0.356 e. The number of aryl methyl sites for hydroxylation is 1. The van der Waals surface area contributed by atoms with Crippen LogP contribution in [0.4, 0.5) is 17.1 Å². The molecule has 1 amide bonds. The molecule has 0 saturated heterocycles. The monoisotopic (exact) mass is 332 g/mol. The molecule has 3 heteroatoms. The average molecular weight is 332 g/mol. The van der Waals surface area contributed by atoms with Gasteiger partial charge in [-0.15, -0.1) is 0 Å². The zero-order valence-corrected chi connectivity index (χ0v) is 14.6. The summed E-state index contributed by atoms with van der Waals surface area (Å²) < 4.78 is 0. The number of carbonyl (C=O) groups is 1. The predicted molar refractivity (Wildman–Crippen MR) is 104 cm³/mol. The highest BCUT2D eigenvalue weighted by Gasteiger charge is 2.26. The fourth-order valence-corrected chi connectivity index (χ4v) is 3.77. The molecule has 1 saturated carbocycles. The molecule has 1 fully saturated rings. The lowest BCUT2D eigenvalue weighted by atomic mass is 9.87. The van der Waals surface area contributed by atoms with Crippen molar-refractivity contribution < 1.29 is 4.79 Å². The van der Waals surface area contributed by atoms with E-state index in [4.69, 9.17) is 0 Å². The summed E-state index contributed by atoms with van der Waals surface area (Å²) in [5.41, 5.74) is 6.09. The molecule has 1 aliphatic heterocycles. The molecule has 2 aromatic carbocycles. The van der Waals surface area contributed by atoms with Crippen LogP contribution in [0.25, 0.3) is 5.57 Å². The van der Waals surface area contributed by atoms with Crippen molar-refractivity contribution in [2.45, 2.75) is 39.0 Å². The second-order valence-electron chi connectivity index (χ2n) is 7.18. The van der Waals surface area contributed by atoms with E-state index < -0.39 is 0 Å². The molecule has 1 heterocycles. The Labute approximate surface area is 149 Å². The van der Waals surface area contributed by atoms with Gasteiger partial charge in [0.2, 0.25) is 0 Å². The third-order valence-corrected chi connectivity index (χ3v) is 5.20. The van der Waals surface area contributed by atoms with Crippen LogP contribution in [0.5, 0.6) is 0 Å². The van der Waals surface area contributed by atoms with Crippen LogP contribution in [-0.4, -0.2) is 5.91 Å². The Morgan fingerprint density at radius 3 is 2.48 bits per heavy atom. The number of allylic oxidation sites excluding steroid dienone is 1. The third-order valence-electron chi connectivity index (χ3n) is 5.20. The number of hydrogen-bond acceptors (Lipinski definition) is 2. The van der Waals surface area contributed by atoms with Crippen molar-refractivity contribution in [2.75, 3.05) is 10.6 Å². The van der Waals surface area contributed by atoms with Gasteiger partial charge < -0.3 is 10.6 Å². The second kappa shape index (κ2) is 6.75. The standard InChI is InChI=1S/C22H24N2O/c1-15-7-9-17(10-8-15)23-18-11-12-21-19(14-18)20(22(25)24-21)13-16-5-3-2-4-6-16/h7-14,16,23H,2-6H2,1H3,(H,24,25)/b20-13+. The first-order chi connectivity index (χ1) is 12.2. The minimum Gasteiger partial charge on any atom is -0.356 e. The molecule has 128 valence electrons. The molecule has 2 aliphatic rings. The molecule has 0 bridgehead atoms. The summed E-state index contributed by atoms with van der Waals surface area (Å²) in [7, 11) is 0. The normalized spacial score (nSPS) is 18.9. The maximum atomic E-state index is 12.4. The van der Waals surface area contributed by atoms with E-state index in [0.717, 1.165) is 28.2 Å². The van der Waals surface area contributed by atoms with Gasteiger partial charge in [-0.2, -0.15) is 0 Å². The molecule has 3 nitrogen and oxygen atoms in total. The molecule has 2 N–H and O–H groups in total. The number of benzene rings is 2. The molecule has 25 heavy (non-hydrogen) atoms. The highest BCUT2D eigenvalue weighted by Crippen LogP contribution is 2.37. The highest BCUT2D eigenvalue weighted by atomic mass is 16.2. The summed E-state index contributed by atoms with van der Waals surface area (Å²) in [6.07, 6.45) is 8.49. The Hall–Kier alpha value is -2.55. The van der Waals surface area contributed by atoms with Crippen molar-refractivity contribution in [1.29, 1.82) is 0 Å². The van der Waals surface area contributed by atoms with E-state index in [-0.39, 0.29) is 5.91 Å². The maximum Gasteiger partial charge on any atom is 0.256 e. The van der Waals surface area contributed by atoms with Gasteiger partial charge in [0.1, 0.15) is 0 Å². The van der Waals surface area contributed by atoms with Gasteiger partial charge in [-0.05, 0) is 56.0 Å². The van der Waals surface area contributed by atoms with Crippen LogP contribution < -0.4 is 10.6 Å². The number of hydrogen-bond donors (Lipinski definition) is 2.